The predicted octanol–water partition coefficient (Wildman–Crippen LogP) is 2.32. The highest BCUT2D eigenvalue weighted by molar-refractivity contribution is 7.13. The van der Waals surface area contributed by atoms with Crippen molar-refractivity contribution in [1.29, 1.82) is 0 Å². The van der Waals surface area contributed by atoms with Gasteiger partial charge >= 0.3 is 0 Å². The van der Waals surface area contributed by atoms with Crippen LogP contribution in [0.2, 0.25) is 0 Å². The summed E-state index contributed by atoms with van der Waals surface area (Å²) in [4.78, 5) is 28.9. The maximum Gasteiger partial charge on any atom is 0.263 e. The molecule has 0 aromatic carbocycles. The smallest absolute Gasteiger partial charge is 0.263 e. The van der Waals surface area contributed by atoms with Gasteiger partial charge in [-0.3, -0.25) is 9.59 Å². The minimum atomic E-state index is -0.306. The second-order valence-electron chi connectivity index (χ2n) is 7.27. The van der Waals surface area contributed by atoms with Crippen molar-refractivity contribution in [2.24, 2.45) is 5.92 Å². The molecule has 28 heavy (non-hydrogen) atoms. The molecule has 3 aromatic heterocycles. The van der Waals surface area contributed by atoms with Crippen LogP contribution in [-0.4, -0.2) is 33.8 Å². The third-order valence-electron chi connectivity index (χ3n) is 5.47. The topological polar surface area (TPSA) is 80.1 Å². The van der Waals surface area contributed by atoms with Crippen LogP contribution in [0.15, 0.2) is 40.0 Å². The van der Waals surface area contributed by atoms with Crippen molar-refractivity contribution in [3.8, 4) is 0 Å². The number of thiophene rings is 1. The summed E-state index contributed by atoms with van der Waals surface area (Å²) in [5.74, 6) is 0.338. The SMILES string of the molecule is O=C(NCc1cccs1)c1ccc2n(c1=O)C[C@H]1C[C@@H]2CN(c2nncs2)C1. The van der Waals surface area contributed by atoms with Crippen molar-refractivity contribution in [1.82, 2.24) is 20.1 Å². The van der Waals surface area contributed by atoms with Gasteiger partial charge in [-0.1, -0.05) is 17.4 Å². The van der Waals surface area contributed by atoms with Crippen molar-refractivity contribution < 1.29 is 4.79 Å². The zero-order valence-corrected chi connectivity index (χ0v) is 16.7. The van der Waals surface area contributed by atoms with Crippen LogP contribution >= 0.6 is 22.7 Å². The van der Waals surface area contributed by atoms with E-state index in [1.165, 1.54) is 0 Å². The molecule has 1 amide bonds. The maximum atomic E-state index is 13.0. The number of carbonyl (C=O) groups excluding carboxylic acids is 1. The summed E-state index contributed by atoms with van der Waals surface area (Å²) >= 11 is 3.13. The minimum absolute atomic E-state index is 0.180. The predicted molar refractivity (Wildman–Crippen MR) is 109 cm³/mol. The van der Waals surface area contributed by atoms with E-state index in [4.69, 9.17) is 0 Å². The van der Waals surface area contributed by atoms with E-state index in [9.17, 15) is 9.59 Å². The quantitative estimate of drug-likeness (QED) is 0.710. The maximum absolute atomic E-state index is 13.0. The fraction of sp³-hybridized carbons (Fsp3) is 0.368. The first-order chi connectivity index (χ1) is 13.7. The van der Waals surface area contributed by atoms with Gasteiger partial charge < -0.3 is 14.8 Å². The average Bonchev–Trinajstić information content (AvgIpc) is 3.41. The number of hydrogen-bond donors (Lipinski definition) is 1. The van der Waals surface area contributed by atoms with Gasteiger partial charge in [-0.15, -0.1) is 21.5 Å². The lowest BCUT2D eigenvalue weighted by molar-refractivity contribution is 0.0948. The molecule has 0 radical (unpaired) electrons. The molecule has 3 aromatic rings. The molecule has 2 bridgehead atoms. The molecule has 2 aliphatic heterocycles. The van der Waals surface area contributed by atoms with E-state index in [0.717, 1.165) is 35.2 Å². The molecule has 0 unspecified atom stereocenters. The van der Waals surface area contributed by atoms with Gasteiger partial charge in [0.25, 0.3) is 11.5 Å². The van der Waals surface area contributed by atoms with Gasteiger partial charge in [0.15, 0.2) is 0 Å². The molecule has 5 heterocycles. The summed E-state index contributed by atoms with van der Waals surface area (Å²) in [7, 11) is 0. The summed E-state index contributed by atoms with van der Waals surface area (Å²) in [6.45, 7) is 2.78. The molecule has 2 aliphatic rings. The highest BCUT2D eigenvalue weighted by Gasteiger charge is 2.36. The van der Waals surface area contributed by atoms with Crippen LogP contribution in [0.5, 0.6) is 0 Å². The van der Waals surface area contributed by atoms with Crippen LogP contribution < -0.4 is 15.8 Å². The van der Waals surface area contributed by atoms with Gasteiger partial charge in [0, 0.05) is 36.1 Å². The number of anilines is 1. The minimum Gasteiger partial charge on any atom is -0.347 e. The van der Waals surface area contributed by atoms with Crippen LogP contribution in [0.25, 0.3) is 0 Å². The highest BCUT2D eigenvalue weighted by Crippen LogP contribution is 2.37. The number of rotatable bonds is 4. The van der Waals surface area contributed by atoms with Crippen LogP contribution in [-0.2, 0) is 13.1 Å². The Morgan fingerprint density at radius 2 is 2.14 bits per heavy atom. The number of fused-ring (bicyclic) bond motifs is 4. The third-order valence-corrected chi connectivity index (χ3v) is 7.10. The third kappa shape index (κ3) is 3.14. The van der Waals surface area contributed by atoms with Gasteiger partial charge in [-0.2, -0.15) is 0 Å². The lowest BCUT2D eigenvalue weighted by Crippen LogP contribution is -2.48. The second kappa shape index (κ2) is 7.14. The van der Waals surface area contributed by atoms with E-state index in [0.29, 0.717) is 19.0 Å². The summed E-state index contributed by atoms with van der Waals surface area (Å²) in [6, 6.07) is 7.55. The molecule has 0 aliphatic carbocycles. The van der Waals surface area contributed by atoms with Gasteiger partial charge in [-0.25, -0.2) is 0 Å². The monoisotopic (exact) mass is 413 g/mol. The van der Waals surface area contributed by atoms with Crippen molar-refractivity contribution in [3.63, 3.8) is 0 Å². The van der Waals surface area contributed by atoms with Crippen LogP contribution in [0, 0.1) is 5.92 Å². The van der Waals surface area contributed by atoms with Gasteiger partial charge in [0.2, 0.25) is 5.13 Å². The summed E-state index contributed by atoms with van der Waals surface area (Å²) in [6.07, 6.45) is 1.07. The lowest BCUT2D eigenvalue weighted by Gasteiger charge is -2.42. The van der Waals surface area contributed by atoms with Crippen molar-refractivity contribution in [2.75, 3.05) is 18.0 Å². The Kier molecular flexibility index (Phi) is 4.48. The molecule has 2 atom stereocenters. The Morgan fingerprint density at radius 1 is 1.21 bits per heavy atom. The Morgan fingerprint density at radius 3 is 2.93 bits per heavy atom. The lowest BCUT2D eigenvalue weighted by atomic mass is 9.83. The van der Waals surface area contributed by atoms with E-state index < -0.39 is 0 Å². The van der Waals surface area contributed by atoms with Crippen molar-refractivity contribution >= 4 is 33.7 Å². The van der Waals surface area contributed by atoms with Gasteiger partial charge in [0.05, 0.1) is 6.54 Å². The molecule has 1 saturated heterocycles. The van der Waals surface area contributed by atoms with E-state index in [2.05, 4.69) is 20.4 Å². The molecule has 1 N–H and O–H groups in total. The van der Waals surface area contributed by atoms with Crippen LogP contribution in [0.1, 0.15) is 33.3 Å². The van der Waals surface area contributed by atoms with E-state index in [1.807, 2.05) is 28.1 Å². The molecule has 7 nitrogen and oxygen atoms in total. The number of aromatic nitrogens is 3. The molecule has 1 fully saturated rings. The zero-order valence-electron chi connectivity index (χ0n) is 15.1. The van der Waals surface area contributed by atoms with Gasteiger partial charge in [-0.05, 0) is 35.9 Å². The Bertz CT molecular complexity index is 1040. The Balaban J connectivity index is 1.39. The molecule has 0 spiro atoms. The largest absolute Gasteiger partial charge is 0.347 e. The molecular formula is C19H19N5O2S2. The number of hydrogen-bond acceptors (Lipinski definition) is 7. The van der Waals surface area contributed by atoms with E-state index in [1.54, 1.807) is 34.3 Å². The van der Waals surface area contributed by atoms with E-state index >= 15 is 0 Å². The first-order valence-electron chi connectivity index (χ1n) is 9.24. The second-order valence-corrected chi connectivity index (χ2v) is 9.12. The number of amides is 1. The van der Waals surface area contributed by atoms with Crippen molar-refractivity contribution in [3.05, 3.63) is 61.6 Å². The number of nitrogens with one attached hydrogen (secondary N) is 1. The fourth-order valence-electron chi connectivity index (χ4n) is 4.26. The summed E-state index contributed by atoms with van der Waals surface area (Å²) in [5, 5.41) is 13.9. The van der Waals surface area contributed by atoms with Gasteiger partial charge in [0.1, 0.15) is 11.1 Å². The molecule has 0 saturated carbocycles. The van der Waals surface area contributed by atoms with E-state index in [-0.39, 0.29) is 22.9 Å². The Hall–Kier alpha value is -2.52. The molecular weight excluding hydrogens is 394 g/mol. The molecule has 5 rings (SSSR count). The normalized spacial score (nSPS) is 20.6. The number of piperidine rings is 1. The zero-order chi connectivity index (χ0) is 19.1. The average molecular weight is 414 g/mol. The highest BCUT2D eigenvalue weighted by atomic mass is 32.1. The number of pyridine rings is 1. The summed E-state index contributed by atoms with van der Waals surface area (Å²) < 4.78 is 1.82. The number of carbonyl (C=O) groups is 1. The molecule has 9 heteroatoms. The number of nitrogens with zero attached hydrogens (tertiary/aromatic N) is 4. The summed E-state index contributed by atoms with van der Waals surface area (Å²) in [5.41, 5.74) is 2.81. The van der Waals surface area contributed by atoms with Crippen molar-refractivity contribution in [2.45, 2.75) is 25.4 Å². The standard InChI is InChI=1S/C19H19N5O2S2/c25-17(20-7-14-2-1-5-27-14)15-3-4-16-13-6-12(9-24(16)18(15)26)8-23(10-13)19-22-21-11-28-19/h1-5,11-13H,6-10H2,(H,20,25)/t12-,13+/m0/s1. The first kappa shape index (κ1) is 17.6. The van der Waals surface area contributed by atoms with Crippen LogP contribution in [0.4, 0.5) is 5.13 Å². The Labute approximate surface area is 169 Å². The van der Waals surface area contributed by atoms with Crippen LogP contribution in [0.3, 0.4) is 0 Å². The first-order valence-corrected chi connectivity index (χ1v) is 11.0. The fourth-order valence-corrected chi connectivity index (χ4v) is 5.48. The molecule has 144 valence electrons.